The van der Waals surface area contributed by atoms with E-state index in [1.165, 1.54) is 18.4 Å². The van der Waals surface area contributed by atoms with Gasteiger partial charge in [0, 0.05) is 17.4 Å². The predicted octanol–water partition coefficient (Wildman–Crippen LogP) is 4.97. The third-order valence-electron chi connectivity index (χ3n) is 9.12. The molecular formula is C22H28FNO. The first-order chi connectivity index (χ1) is 11.9. The second-order valence-corrected chi connectivity index (χ2v) is 9.75. The van der Waals surface area contributed by atoms with Gasteiger partial charge in [0.1, 0.15) is 5.76 Å². The van der Waals surface area contributed by atoms with Gasteiger partial charge in [-0.15, -0.1) is 6.42 Å². The number of nitrogens with zero attached hydrogens (tertiary/aromatic N) is 1. The maximum absolute atomic E-state index is 15.4. The summed E-state index contributed by atoms with van der Waals surface area (Å²) in [6, 6.07) is 0. The Labute approximate surface area is 149 Å². The Kier molecular flexibility index (Phi) is 3.12. The first-order valence-corrected chi connectivity index (χ1v) is 10.0. The number of hydrogen-bond donors (Lipinski definition) is 0. The summed E-state index contributed by atoms with van der Waals surface area (Å²) in [6.45, 7) is 4.64. The molecule has 3 saturated carbocycles. The molecule has 3 fully saturated rings. The lowest BCUT2D eigenvalue weighted by atomic mass is 9.44. The van der Waals surface area contributed by atoms with Crippen molar-refractivity contribution in [1.29, 1.82) is 0 Å². The van der Waals surface area contributed by atoms with Crippen molar-refractivity contribution in [2.75, 3.05) is 0 Å². The Morgan fingerprint density at radius 2 is 2.00 bits per heavy atom. The molecular weight excluding hydrogens is 313 g/mol. The van der Waals surface area contributed by atoms with Crippen LogP contribution in [-0.2, 0) is 12.8 Å². The van der Waals surface area contributed by atoms with Crippen LogP contribution >= 0.6 is 0 Å². The van der Waals surface area contributed by atoms with Gasteiger partial charge in [-0.25, -0.2) is 4.39 Å². The van der Waals surface area contributed by atoms with Crippen LogP contribution in [-0.4, -0.2) is 10.8 Å². The zero-order valence-electron chi connectivity index (χ0n) is 15.4. The van der Waals surface area contributed by atoms with Crippen molar-refractivity contribution in [3.8, 4) is 12.3 Å². The molecule has 5 rings (SSSR count). The Morgan fingerprint density at radius 3 is 2.80 bits per heavy atom. The summed E-state index contributed by atoms with van der Waals surface area (Å²) in [4.78, 5) is 0. The van der Waals surface area contributed by atoms with E-state index in [9.17, 15) is 0 Å². The largest absolute Gasteiger partial charge is 0.361 e. The van der Waals surface area contributed by atoms with Crippen LogP contribution in [0.5, 0.6) is 0 Å². The predicted molar refractivity (Wildman–Crippen MR) is 94.5 cm³/mol. The molecule has 0 amide bonds. The van der Waals surface area contributed by atoms with Crippen molar-refractivity contribution in [1.82, 2.24) is 5.16 Å². The number of fused-ring (bicyclic) bond motifs is 6. The topological polar surface area (TPSA) is 26.0 Å². The second kappa shape index (κ2) is 4.90. The Morgan fingerprint density at radius 1 is 1.20 bits per heavy atom. The number of halogens is 1. The molecule has 1 heterocycles. The molecule has 134 valence electrons. The molecule has 0 bridgehead atoms. The maximum atomic E-state index is 15.4. The van der Waals surface area contributed by atoms with E-state index in [1.807, 2.05) is 6.20 Å². The van der Waals surface area contributed by atoms with Crippen molar-refractivity contribution in [2.24, 2.45) is 34.5 Å². The molecule has 0 N–H and O–H groups in total. The smallest absolute Gasteiger partial charge is 0.176 e. The Bertz CT molecular complexity index is 749. The molecule has 7 atom stereocenters. The van der Waals surface area contributed by atoms with Gasteiger partial charge in [-0.3, -0.25) is 0 Å². The van der Waals surface area contributed by atoms with Crippen LogP contribution in [0.4, 0.5) is 4.39 Å². The van der Waals surface area contributed by atoms with E-state index in [-0.39, 0.29) is 5.41 Å². The summed E-state index contributed by atoms with van der Waals surface area (Å²) in [5, 5.41) is 4.04. The summed E-state index contributed by atoms with van der Waals surface area (Å²) in [5.74, 6) is 6.13. The van der Waals surface area contributed by atoms with Gasteiger partial charge < -0.3 is 4.52 Å². The highest BCUT2D eigenvalue weighted by molar-refractivity contribution is 5.27. The highest BCUT2D eigenvalue weighted by Gasteiger charge is 2.65. The average Bonchev–Trinajstić information content (AvgIpc) is 3.14. The first-order valence-electron chi connectivity index (χ1n) is 10.0. The van der Waals surface area contributed by atoms with Crippen molar-refractivity contribution < 1.29 is 8.91 Å². The number of rotatable bonds is 0. The van der Waals surface area contributed by atoms with Crippen molar-refractivity contribution in [3.63, 3.8) is 0 Å². The van der Waals surface area contributed by atoms with Gasteiger partial charge in [0.15, 0.2) is 5.67 Å². The van der Waals surface area contributed by atoms with Gasteiger partial charge in [-0.1, -0.05) is 24.9 Å². The Hall–Kier alpha value is -1.30. The highest BCUT2D eigenvalue weighted by Crippen LogP contribution is 2.68. The molecule has 4 aliphatic carbocycles. The van der Waals surface area contributed by atoms with Gasteiger partial charge in [-0.2, -0.15) is 0 Å². The van der Waals surface area contributed by atoms with Gasteiger partial charge in [0.25, 0.3) is 0 Å². The van der Waals surface area contributed by atoms with Gasteiger partial charge in [0.05, 0.1) is 6.20 Å². The lowest BCUT2D eigenvalue weighted by Crippen LogP contribution is -2.56. The number of alkyl halides is 1. The highest BCUT2D eigenvalue weighted by atomic mass is 19.1. The molecule has 2 nitrogen and oxygen atoms in total. The standard InChI is InChI=1S/C22H28FNO/c1-4-22(23)10-8-18-16-6-5-15-11-19-14(13-24-25-19)12-20(15,2)17(16)7-9-21(18,22)3/h1,13,15-18H,5-12H2,2-3H3/t15-,16+,17-,18-,20-,21-,22+/m0/s1. The molecule has 0 radical (unpaired) electrons. The zero-order chi connectivity index (χ0) is 17.4. The maximum Gasteiger partial charge on any atom is 0.176 e. The van der Waals surface area contributed by atoms with Crippen LogP contribution in [0, 0.1) is 46.8 Å². The summed E-state index contributed by atoms with van der Waals surface area (Å²) in [5.41, 5.74) is -0.0965. The minimum absolute atomic E-state index is 0.306. The molecule has 3 heteroatoms. The average molecular weight is 341 g/mol. The molecule has 0 aromatic carbocycles. The third-order valence-corrected chi connectivity index (χ3v) is 9.12. The van der Waals surface area contributed by atoms with Gasteiger partial charge >= 0.3 is 0 Å². The molecule has 0 saturated heterocycles. The van der Waals surface area contributed by atoms with E-state index in [4.69, 9.17) is 10.9 Å². The fourth-order valence-electron chi connectivity index (χ4n) is 7.60. The van der Waals surface area contributed by atoms with Crippen molar-refractivity contribution >= 4 is 0 Å². The van der Waals surface area contributed by atoms with Crippen LogP contribution in [0.1, 0.15) is 63.7 Å². The van der Waals surface area contributed by atoms with E-state index >= 15 is 4.39 Å². The fourth-order valence-corrected chi connectivity index (χ4v) is 7.60. The van der Waals surface area contributed by atoms with E-state index in [2.05, 4.69) is 24.9 Å². The molecule has 1 aromatic heterocycles. The zero-order valence-corrected chi connectivity index (χ0v) is 15.4. The summed E-state index contributed by atoms with van der Waals surface area (Å²) < 4.78 is 20.9. The van der Waals surface area contributed by atoms with Crippen LogP contribution in [0.2, 0.25) is 0 Å². The van der Waals surface area contributed by atoms with E-state index in [1.54, 1.807) is 0 Å². The molecule has 0 aliphatic heterocycles. The monoisotopic (exact) mass is 341 g/mol. The Balaban J connectivity index is 1.50. The van der Waals surface area contributed by atoms with Crippen molar-refractivity contribution in [2.45, 2.75) is 70.9 Å². The van der Waals surface area contributed by atoms with Crippen LogP contribution in [0.25, 0.3) is 0 Å². The van der Waals surface area contributed by atoms with E-state index in [0.717, 1.165) is 37.9 Å². The second-order valence-electron chi connectivity index (χ2n) is 9.75. The van der Waals surface area contributed by atoms with Gasteiger partial charge in [-0.05, 0) is 74.0 Å². The summed E-state index contributed by atoms with van der Waals surface area (Å²) in [6.07, 6.45) is 15.8. The molecule has 0 unspecified atom stereocenters. The fraction of sp³-hybridized carbons (Fsp3) is 0.773. The minimum atomic E-state index is -1.39. The lowest BCUT2D eigenvalue weighted by molar-refractivity contribution is -0.112. The quantitative estimate of drug-likeness (QED) is 0.623. The van der Waals surface area contributed by atoms with E-state index in [0.29, 0.717) is 35.5 Å². The molecule has 0 spiro atoms. The van der Waals surface area contributed by atoms with Gasteiger partial charge in [0.2, 0.25) is 0 Å². The van der Waals surface area contributed by atoms with E-state index < -0.39 is 5.67 Å². The normalized spacial score (nSPS) is 51.0. The molecule has 1 aromatic rings. The summed E-state index contributed by atoms with van der Waals surface area (Å²) >= 11 is 0. The lowest BCUT2D eigenvalue weighted by Gasteiger charge is -2.60. The first kappa shape index (κ1) is 15.9. The minimum Gasteiger partial charge on any atom is -0.361 e. The summed E-state index contributed by atoms with van der Waals surface area (Å²) in [7, 11) is 0. The molecule has 4 aliphatic rings. The van der Waals surface area contributed by atoms with Crippen LogP contribution in [0.3, 0.4) is 0 Å². The SMILES string of the molecule is C#C[C@@]1(F)CC[C@H]2[C@@H]3CC[C@H]4Cc5oncc5C[C@]4(C)[C@H]3CC[C@@]21C. The third kappa shape index (κ3) is 1.84. The van der Waals surface area contributed by atoms with Crippen LogP contribution < -0.4 is 0 Å². The number of terminal acetylenes is 1. The number of hydrogen-bond acceptors (Lipinski definition) is 2. The molecule has 25 heavy (non-hydrogen) atoms. The number of aromatic nitrogens is 1. The van der Waals surface area contributed by atoms with Crippen molar-refractivity contribution in [3.05, 3.63) is 17.5 Å². The van der Waals surface area contributed by atoms with Crippen LogP contribution in [0.15, 0.2) is 10.7 Å².